The fraction of sp³-hybridized carbons (Fsp3) is 1.00. The van der Waals surface area contributed by atoms with Crippen molar-refractivity contribution < 1.29 is 23.9 Å². The average molecular weight is 555 g/mol. The molecular weight excluding hydrogens is 487 g/mol. The molecule has 9 atom stereocenters. The van der Waals surface area contributed by atoms with Gasteiger partial charge in [-0.2, -0.15) is 0 Å². The van der Waals surface area contributed by atoms with Crippen LogP contribution in [0.15, 0.2) is 0 Å². The third-order valence-electron chi connectivity index (χ3n) is 9.58. The van der Waals surface area contributed by atoms with Gasteiger partial charge in [0.1, 0.15) is 6.79 Å². The maximum Gasteiger partial charge on any atom is 0.461 e. The summed E-state index contributed by atoms with van der Waals surface area (Å²) in [6.07, 6.45) is 7.13. The number of hydrogen-bond donors (Lipinski definition) is 1. The van der Waals surface area contributed by atoms with Gasteiger partial charge in [-0.25, -0.2) is 0 Å². The summed E-state index contributed by atoms with van der Waals surface area (Å²) < 4.78 is 23.9. The molecule has 0 saturated carbocycles. The van der Waals surface area contributed by atoms with Crippen LogP contribution in [0, 0.1) is 47.3 Å². The zero-order valence-corrected chi connectivity index (χ0v) is 28.2. The second-order valence-electron chi connectivity index (χ2n) is 15.2. The molecule has 1 saturated heterocycles. The number of rotatable bonds is 20. The van der Waals surface area contributed by atoms with Gasteiger partial charge in [0.15, 0.2) is 0 Å². The van der Waals surface area contributed by atoms with Crippen molar-refractivity contribution in [3.8, 4) is 0 Å². The number of ether oxygens (including phenoxy) is 2. The first-order valence-electron chi connectivity index (χ1n) is 16.1. The second-order valence-corrected chi connectivity index (χ2v) is 15.2. The highest BCUT2D eigenvalue weighted by Gasteiger charge is 2.55. The molecule has 1 fully saturated rings. The van der Waals surface area contributed by atoms with Crippen LogP contribution in [0.2, 0.25) is 5.82 Å². The number of aliphatic hydroxyl groups excluding tert-OH is 1. The summed E-state index contributed by atoms with van der Waals surface area (Å²) >= 11 is 0. The van der Waals surface area contributed by atoms with Crippen LogP contribution in [0.5, 0.6) is 0 Å². The number of hydrogen-bond acceptors (Lipinski definition) is 5. The standard InChI is InChI=1S/C33H67BO5/c1-23(14-24(2)17-28(6)21-37-22-36-13)15-25(3)18-29(7)31(30(8)19-26(4)16-27(5)20-35)34-38-32(9,10)33(11,12)39-34/h23-31,35H,14-22H2,1-13H3/t23-,24+,25-,26+,27-,28+,29-,30+,31?/m1/s1. The minimum absolute atomic E-state index is 0.172. The van der Waals surface area contributed by atoms with Crippen molar-refractivity contribution in [3.05, 3.63) is 0 Å². The first-order valence-corrected chi connectivity index (χ1v) is 16.1. The third kappa shape index (κ3) is 12.7. The van der Waals surface area contributed by atoms with E-state index < -0.39 is 0 Å². The molecule has 1 unspecified atom stereocenters. The summed E-state index contributed by atoms with van der Waals surface area (Å²) in [5.74, 6) is 4.90. The molecule has 1 rings (SSSR count). The highest BCUT2D eigenvalue weighted by Crippen LogP contribution is 2.47. The van der Waals surface area contributed by atoms with E-state index in [9.17, 15) is 5.11 Å². The molecule has 1 N–H and O–H groups in total. The Kier molecular flexibility index (Phi) is 16.2. The van der Waals surface area contributed by atoms with Gasteiger partial charge < -0.3 is 23.9 Å². The van der Waals surface area contributed by atoms with Gasteiger partial charge in [-0.05, 0) is 119 Å². The molecule has 1 aliphatic heterocycles. The van der Waals surface area contributed by atoms with E-state index in [0.29, 0.717) is 60.0 Å². The van der Waals surface area contributed by atoms with Gasteiger partial charge in [-0.1, -0.05) is 55.4 Å². The summed E-state index contributed by atoms with van der Waals surface area (Å²) in [7, 11) is 1.50. The summed E-state index contributed by atoms with van der Waals surface area (Å²) in [6.45, 7) is 29.0. The van der Waals surface area contributed by atoms with Gasteiger partial charge in [0.05, 0.1) is 17.8 Å². The van der Waals surface area contributed by atoms with Crippen molar-refractivity contribution in [2.75, 3.05) is 27.1 Å². The quantitative estimate of drug-likeness (QED) is 0.0929. The van der Waals surface area contributed by atoms with Crippen LogP contribution in [0.3, 0.4) is 0 Å². The van der Waals surface area contributed by atoms with Crippen LogP contribution in [-0.2, 0) is 18.8 Å². The Morgan fingerprint density at radius 3 is 1.41 bits per heavy atom. The monoisotopic (exact) mass is 555 g/mol. The van der Waals surface area contributed by atoms with Crippen molar-refractivity contribution in [2.45, 2.75) is 139 Å². The lowest BCUT2D eigenvalue weighted by molar-refractivity contribution is -0.0437. The van der Waals surface area contributed by atoms with E-state index in [0.717, 1.165) is 19.4 Å². The maximum absolute atomic E-state index is 9.57. The van der Waals surface area contributed by atoms with Crippen LogP contribution in [0.1, 0.15) is 122 Å². The zero-order valence-electron chi connectivity index (χ0n) is 28.2. The van der Waals surface area contributed by atoms with E-state index in [1.807, 2.05) is 0 Å². The Hall–Kier alpha value is -0.135. The normalized spacial score (nSPS) is 24.0. The van der Waals surface area contributed by atoms with E-state index in [1.165, 1.54) is 25.7 Å². The van der Waals surface area contributed by atoms with Gasteiger partial charge in [-0.15, -0.1) is 0 Å². The molecule has 0 bridgehead atoms. The van der Waals surface area contributed by atoms with Crippen LogP contribution in [-0.4, -0.2) is 50.5 Å². The fourth-order valence-electron chi connectivity index (χ4n) is 7.33. The zero-order chi connectivity index (χ0) is 30.0. The minimum atomic E-state index is -0.311. The molecule has 6 heteroatoms. The molecule has 1 heterocycles. The molecule has 232 valence electrons. The second kappa shape index (κ2) is 17.1. The molecule has 1 aliphatic rings. The summed E-state index contributed by atoms with van der Waals surface area (Å²) in [4.78, 5) is 0. The first kappa shape index (κ1) is 36.9. The lowest BCUT2D eigenvalue weighted by Gasteiger charge is -2.35. The highest BCUT2D eigenvalue weighted by molar-refractivity contribution is 6.47. The maximum atomic E-state index is 9.57. The van der Waals surface area contributed by atoms with E-state index in [2.05, 4.69) is 83.1 Å². The van der Waals surface area contributed by atoms with E-state index >= 15 is 0 Å². The van der Waals surface area contributed by atoms with Gasteiger partial charge in [-0.3, -0.25) is 0 Å². The molecule has 0 aromatic carbocycles. The molecule has 0 aliphatic carbocycles. The Morgan fingerprint density at radius 2 is 1.00 bits per heavy atom. The lowest BCUT2D eigenvalue weighted by Crippen LogP contribution is -2.41. The Balaban J connectivity index is 2.79. The number of methoxy groups -OCH3 is 1. The van der Waals surface area contributed by atoms with Crippen molar-refractivity contribution in [1.82, 2.24) is 0 Å². The van der Waals surface area contributed by atoms with Gasteiger partial charge in [0, 0.05) is 13.7 Å². The SMILES string of the molecule is COCOC[C@@H](C)C[C@@H](C)C[C@@H](C)C[C@@H](C)C[C@@H](C)C(B1OC(C)(C)C(C)(C)O1)[C@@H](C)C[C@@H](C)C[C@@H](C)CO. The van der Waals surface area contributed by atoms with Crippen molar-refractivity contribution in [3.63, 3.8) is 0 Å². The molecule has 0 aromatic rings. The fourth-order valence-corrected chi connectivity index (χ4v) is 7.33. The van der Waals surface area contributed by atoms with Crippen LogP contribution < -0.4 is 0 Å². The van der Waals surface area contributed by atoms with E-state index in [-0.39, 0.29) is 24.9 Å². The predicted molar refractivity (Wildman–Crippen MR) is 166 cm³/mol. The van der Waals surface area contributed by atoms with Crippen molar-refractivity contribution in [1.29, 1.82) is 0 Å². The van der Waals surface area contributed by atoms with Crippen molar-refractivity contribution in [2.24, 2.45) is 47.3 Å². The molecule has 39 heavy (non-hydrogen) atoms. The third-order valence-corrected chi connectivity index (χ3v) is 9.58. The highest BCUT2D eigenvalue weighted by atomic mass is 16.7. The van der Waals surface area contributed by atoms with Gasteiger partial charge in [0.2, 0.25) is 0 Å². The van der Waals surface area contributed by atoms with Crippen molar-refractivity contribution >= 4 is 7.12 Å². The molecule has 0 radical (unpaired) electrons. The molecule has 5 nitrogen and oxygen atoms in total. The molecule has 0 spiro atoms. The minimum Gasteiger partial charge on any atom is -0.403 e. The Labute approximate surface area is 244 Å². The smallest absolute Gasteiger partial charge is 0.403 e. The van der Waals surface area contributed by atoms with E-state index in [4.69, 9.17) is 18.8 Å². The topological polar surface area (TPSA) is 57.2 Å². The van der Waals surface area contributed by atoms with Crippen LogP contribution in [0.25, 0.3) is 0 Å². The lowest BCUT2D eigenvalue weighted by atomic mass is 9.57. The number of aliphatic hydroxyl groups is 1. The van der Waals surface area contributed by atoms with Gasteiger partial charge >= 0.3 is 7.12 Å². The molecule has 0 amide bonds. The van der Waals surface area contributed by atoms with Crippen LogP contribution in [0.4, 0.5) is 0 Å². The summed E-state index contributed by atoms with van der Waals surface area (Å²) in [5, 5.41) is 9.57. The average Bonchev–Trinajstić information content (AvgIpc) is 2.99. The first-order chi connectivity index (χ1) is 18.0. The Morgan fingerprint density at radius 1 is 0.615 bits per heavy atom. The summed E-state index contributed by atoms with van der Waals surface area (Å²) in [5.41, 5.74) is -0.622. The largest absolute Gasteiger partial charge is 0.461 e. The van der Waals surface area contributed by atoms with Crippen LogP contribution >= 0.6 is 0 Å². The molecular formula is C33H67BO5. The summed E-state index contributed by atoms with van der Waals surface area (Å²) in [6, 6.07) is 0. The van der Waals surface area contributed by atoms with E-state index in [1.54, 1.807) is 7.11 Å². The molecule has 0 aromatic heterocycles. The Bertz CT molecular complexity index is 640. The predicted octanol–water partition coefficient (Wildman–Crippen LogP) is 8.49. The van der Waals surface area contributed by atoms with Gasteiger partial charge in [0.25, 0.3) is 0 Å².